The second kappa shape index (κ2) is 11.1. The molecule has 0 bridgehead atoms. The van der Waals surface area contributed by atoms with Crippen molar-refractivity contribution < 1.29 is 40.7 Å². The van der Waals surface area contributed by atoms with Crippen molar-refractivity contribution in [2.45, 2.75) is 51.4 Å². The van der Waals surface area contributed by atoms with Crippen LogP contribution in [0.2, 0.25) is 0 Å². The Kier molecular flexibility index (Phi) is 8.17. The quantitative estimate of drug-likeness (QED) is 0.403. The minimum Gasteiger partial charge on any atom is -0.372 e. The Hall–Kier alpha value is -3.59. The number of rotatable bonds is 5. The SMILES string of the molecule is C[C@@H]1CN(C(=O)c2cnc(-c3nccnc3[C@H](C)NC(=O)c3cc(C(F)(F)F)cc(C(F)(F)F)c3)s2)C[C@H](C)O1. The second-order valence-corrected chi connectivity index (χ2v) is 10.3. The van der Waals surface area contributed by atoms with Crippen LogP contribution in [-0.4, -0.2) is 57.0 Å². The molecule has 1 aliphatic heterocycles. The lowest BCUT2D eigenvalue weighted by atomic mass is 10.0. The maximum Gasteiger partial charge on any atom is 0.416 e. The summed E-state index contributed by atoms with van der Waals surface area (Å²) in [4.78, 5) is 40.5. The molecule has 1 aromatic carbocycles. The number of ether oxygens (including phenoxy) is 1. The van der Waals surface area contributed by atoms with Crippen LogP contribution in [0.4, 0.5) is 26.3 Å². The smallest absolute Gasteiger partial charge is 0.372 e. The van der Waals surface area contributed by atoms with E-state index in [1.807, 2.05) is 13.8 Å². The number of morpholine rings is 1. The van der Waals surface area contributed by atoms with Gasteiger partial charge in [0.1, 0.15) is 15.6 Å². The Bertz CT molecular complexity index is 1370. The molecule has 3 atom stereocenters. The molecule has 0 radical (unpaired) electrons. The van der Waals surface area contributed by atoms with Crippen LogP contribution < -0.4 is 5.32 Å². The van der Waals surface area contributed by atoms with E-state index in [9.17, 15) is 35.9 Å². The third kappa shape index (κ3) is 6.58. The van der Waals surface area contributed by atoms with Gasteiger partial charge in [0, 0.05) is 31.0 Å². The molecular formula is C25H23F6N5O3S. The van der Waals surface area contributed by atoms with E-state index in [0.29, 0.717) is 35.1 Å². The molecule has 0 spiro atoms. The molecule has 4 rings (SSSR count). The Morgan fingerprint density at radius 3 is 2.12 bits per heavy atom. The van der Waals surface area contributed by atoms with E-state index in [-0.39, 0.29) is 35.6 Å². The molecule has 214 valence electrons. The van der Waals surface area contributed by atoms with Crippen LogP contribution in [0.15, 0.2) is 36.8 Å². The van der Waals surface area contributed by atoms with Crippen LogP contribution in [0, 0.1) is 0 Å². The first-order valence-electron chi connectivity index (χ1n) is 12.0. The average molecular weight is 588 g/mol. The summed E-state index contributed by atoms with van der Waals surface area (Å²) in [6.07, 6.45) is -6.43. The van der Waals surface area contributed by atoms with Crippen molar-refractivity contribution in [3.8, 4) is 10.7 Å². The number of carbonyl (C=O) groups is 2. The Labute approximate surface area is 228 Å². The molecule has 8 nitrogen and oxygen atoms in total. The number of nitrogens with one attached hydrogen (secondary N) is 1. The zero-order chi connectivity index (χ0) is 29.4. The molecule has 1 aliphatic rings. The van der Waals surface area contributed by atoms with Crippen molar-refractivity contribution >= 4 is 23.2 Å². The number of hydrogen-bond donors (Lipinski definition) is 1. The predicted octanol–water partition coefficient (Wildman–Crippen LogP) is 5.38. The summed E-state index contributed by atoms with van der Waals surface area (Å²) in [5.41, 5.74) is -3.69. The van der Waals surface area contributed by atoms with Gasteiger partial charge in [-0.15, -0.1) is 11.3 Å². The lowest BCUT2D eigenvalue weighted by Gasteiger charge is -2.35. The van der Waals surface area contributed by atoms with Crippen LogP contribution in [0.3, 0.4) is 0 Å². The standard InChI is InChI=1S/C25H23F6N5O3S/c1-12-10-36(11-13(2)39-12)23(38)18-9-34-22(40-18)20-19(32-4-5-33-20)14(3)35-21(37)15-6-16(24(26,27)28)8-17(7-15)25(29,30)31/h4-9,12-14H,10-11H2,1-3H3,(H,35,37)/t12-,13+,14-/m0/s1. The van der Waals surface area contributed by atoms with Crippen LogP contribution in [0.25, 0.3) is 10.7 Å². The number of hydrogen-bond acceptors (Lipinski definition) is 7. The van der Waals surface area contributed by atoms with Gasteiger partial charge in [-0.25, -0.2) is 4.98 Å². The second-order valence-electron chi connectivity index (χ2n) is 9.28. The van der Waals surface area contributed by atoms with Crippen molar-refractivity contribution in [2.24, 2.45) is 0 Å². The van der Waals surface area contributed by atoms with Crippen molar-refractivity contribution in [3.05, 3.63) is 64.1 Å². The first kappa shape index (κ1) is 29.4. The number of benzene rings is 1. The summed E-state index contributed by atoms with van der Waals surface area (Å²) in [6.45, 7) is 5.97. The molecule has 40 heavy (non-hydrogen) atoms. The normalized spacial score (nSPS) is 18.9. The molecule has 2 amide bonds. The van der Waals surface area contributed by atoms with Gasteiger partial charge in [0.15, 0.2) is 0 Å². The topological polar surface area (TPSA) is 97.3 Å². The number of carbonyl (C=O) groups excluding carboxylic acids is 2. The van der Waals surface area contributed by atoms with Crippen molar-refractivity contribution in [1.82, 2.24) is 25.2 Å². The lowest BCUT2D eigenvalue weighted by Crippen LogP contribution is -2.48. The first-order valence-corrected chi connectivity index (χ1v) is 12.8. The van der Waals surface area contributed by atoms with E-state index in [1.165, 1.54) is 25.5 Å². The van der Waals surface area contributed by atoms with Crippen LogP contribution in [0.1, 0.15) is 63.7 Å². The summed E-state index contributed by atoms with van der Waals surface area (Å²) in [5, 5.41) is 2.67. The lowest BCUT2D eigenvalue weighted by molar-refractivity contribution is -0.143. The van der Waals surface area contributed by atoms with Crippen LogP contribution >= 0.6 is 11.3 Å². The fourth-order valence-electron chi connectivity index (χ4n) is 4.25. The summed E-state index contributed by atoms with van der Waals surface area (Å²) in [7, 11) is 0. The molecule has 3 heterocycles. The molecule has 0 aliphatic carbocycles. The van der Waals surface area contributed by atoms with Crippen molar-refractivity contribution in [3.63, 3.8) is 0 Å². The first-order chi connectivity index (χ1) is 18.6. The number of aromatic nitrogens is 3. The minimum absolute atomic E-state index is 0.0550. The molecular weight excluding hydrogens is 564 g/mol. The maximum absolute atomic E-state index is 13.2. The molecule has 1 N–H and O–H groups in total. The number of alkyl halides is 6. The van der Waals surface area contributed by atoms with Gasteiger partial charge in [-0.1, -0.05) is 0 Å². The maximum atomic E-state index is 13.2. The average Bonchev–Trinajstić information content (AvgIpc) is 3.36. The molecule has 1 fully saturated rings. The number of halogens is 6. The Balaban J connectivity index is 1.58. The van der Waals surface area contributed by atoms with E-state index in [2.05, 4.69) is 20.3 Å². The summed E-state index contributed by atoms with van der Waals surface area (Å²) < 4.78 is 85.0. The Morgan fingerprint density at radius 1 is 0.975 bits per heavy atom. The highest BCUT2D eigenvalue weighted by Crippen LogP contribution is 2.36. The van der Waals surface area contributed by atoms with E-state index in [0.717, 1.165) is 11.3 Å². The van der Waals surface area contributed by atoms with Gasteiger partial charge in [0.25, 0.3) is 11.8 Å². The van der Waals surface area contributed by atoms with E-state index < -0.39 is 41.0 Å². The minimum atomic E-state index is -5.10. The molecule has 0 unspecified atom stereocenters. The van der Waals surface area contributed by atoms with Crippen LogP contribution in [0.5, 0.6) is 0 Å². The van der Waals surface area contributed by atoms with Gasteiger partial charge >= 0.3 is 12.4 Å². The fraction of sp³-hybridized carbons (Fsp3) is 0.400. The van der Waals surface area contributed by atoms with Gasteiger partial charge in [0.2, 0.25) is 0 Å². The van der Waals surface area contributed by atoms with Gasteiger partial charge in [0.05, 0.1) is 41.3 Å². The third-order valence-corrected chi connectivity index (χ3v) is 6.95. The highest BCUT2D eigenvalue weighted by molar-refractivity contribution is 7.16. The van der Waals surface area contributed by atoms with Crippen LogP contribution in [-0.2, 0) is 17.1 Å². The number of amides is 2. The molecule has 2 aromatic heterocycles. The highest BCUT2D eigenvalue weighted by atomic mass is 32.1. The number of nitrogens with zero attached hydrogens (tertiary/aromatic N) is 4. The summed E-state index contributed by atoms with van der Waals surface area (Å²) in [5.74, 6) is -1.42. The largest absolute Gasteiger partial charge is 0.416 e. The van der Waals surface area contributed by atoms with Crippen molar-refractivity contribution in [2.75, 3.05) is 13.1 Å². The zero-order valence-corrected chi connectivity index (χ0v) is 22.1. The molecule has 15 heteroatoms. The van der Waals surface area contributed by atoms with Crippen molar-refractivity contribution in [1.29, 1.82) is 0 Å². The summed E-state index contributed by atoms with van der Waals surface area (Å²) in [6, 6.07) is -0.355. The Morgan fingerprint density at radius 2 is 1.55 bits per heavy atom. The van der Waals surface area contributed by atoms with E-state index >= 15 is 0 Å². The van der Waals surface area contributed by atoms with E-state index in [4.69, 9.17) is 4.74 Å². The van der Waals surface area contributed by atoms with Gasteiger partial charge in [-0.05, 0) is 39.0 Å². The molecule has 1 saturated heterocycles. The fourth-order valence-corrected chi connectivity index (χ4v) is 5.14. The third-order valence-electron chi connectivity index (χ3n) is 5.96. The summed E-state index contributed by atoms with van der Waals surface area (Å²) >= 11 is 1.04. The highest BCUT2D eigenvalue weighted by Gasteiger charge is 2.38. The van der Waals surface area contributed by atoms with E-state index in [1.54, 1.807) is 4.90 Å². The van der Waals surface area contributed by atoms with Gasteiger partial charge < -0.3 is 15.0 Å². The zero-order valence-electron chi connectivity index (χ0n) is 21.3. The van der Waals surface area contributed by atoms with Gasteiger partial charge in [-0.3, -0.25) is 19.6 Å². The molecule has 3 aromatic rings. The number of thiazole rings is 1. The predicted molar refractivity (Wildman–Crippen MR) is 131 cm³/mol. The monoisotopic (exact) mass is 587 g/mol. The van der Waals surface area contributed by atoms with Gasteiger partial charge in [-0.2, -0.15) is 26.3 Å². The molecule has 0 saturated carbocycles.